The highest BCUT2D eigenvalue weighted by Gasteiger charge is 2.24. The van der Waals surface area contributed by atoms with Crippen molar-refractivity contribution in [3.63, 3.8) is 0 Å². The molecule has 0 aromatic heterocycles. The quantitative estimate of drug-likeness (QED) is 0.544. The van der Waals surface area contributed by atoms with Crippen LogP contribution in [0.3, 0.4) is 0 Å². The molecule has 0 saturated carbocycles. The molecule has 0 aromatic rings. The Morgan fingerprint density at radius 2 is 2.36 bits per heavy atom. The fourth-order valence-corrected chi connectivity index (χ4v) is 1.51. The van der Waals surface area contributed by atoms with Gasteiger partial charge in [0.15, 0.2) is 0 Å². The van der Waals surface area contributed by atoms with Crippen LogP contribution in [-0.4, -0.2) is 36.6 Å². The van der Waals surface area contributed by atoms with Gasteiger partial charge in [0.25, 0.3) is 0 Å². The maximum Gasteiger partial charge on any atom is 0.0599 e. The number of hydrogen-bond donors (Lipinski definition) is 1. The Hall–Kier alpha value is -0.520. The summed E-state index contributed by atoms with van der Waals surface area (Å²) in [6.45, 7) is 8.37. The summed E-state index contributed by atoms with van der Waals surface area (Å²) in [5.41, 5.74) is 0.231. The maximum absolute atomic E-state index is 5.24. The van der Waals surface area contributed by atoms with Crippen molar-refractivity contribution < 1.29 is 0 Å². The third-order valence-corrected chi connectivity index (χ3v) is 1.97. The molecule has 2 nitrogen and oxygen atoms in total. The number of rotatable bonds is 1. The molecule has 1 aliphatic rings. The molecule has 0 unspecified atom stereocenters. The molecule has 11 heavy (non-hydrogen) atoms. The van der Waals surface area contributed by atoms with Crippen LogP contribution in [0.5, 0.6) is 0 Å². The van der Waals surface area contributed by atoms with Gasteiger partial charge in [-0.05, 0) is 13.8 Å². The molecule has 1 rings (SSSR count). The number of piperazine rings is 1. The van der Waals surface area contributed by atoms with Crippen molar-refractivity contribution in [2.75, 3.05) is 26.2 Å². The van der Waals surface area contributed by atoms with Crippen molar-refractivity contribution in [2.24, 2.45) is 0 Å². The highest BCUT2D eigenvalue weighted by atomic mass is 15.2. The lowest BCUT2D eigenvalue weighted by atomic mass is 10.0. The lowest BCUT2D eigenvalue weighted by Crippen LogP contribution is -2.56. The second kappa shape index (κ2) is 3.25. The highest BCUT2D eigenvalue weighted by molar-refractivity contribution is 4.94. The number of nitrogens with one attached hydrogen (secondary N) is 1. The predicted octanol–water partition coefficient (Wildman–Crippen LogP) is 0.303. The van der Waals surface area contributed by atoms with Gasteiger partial charge in [-0.25, -0.2) is 0 Å². The highest BCUT2D eigenvalue weighted by Crippen LogP contribution is 2.08. The van der Waals surface area contributed by atoms with Crippen LogP contribution in [0, 0.1) is 12.3 Å². The van der Waals surface area contributed by atoms with Crippen molar-refractivity contribution >= 4 is 0 Å². The van der Waals surface area contributed by atoms with E-state index in [0.717, 1.165) is 26.2 Å². The van der Waals surface area contributed by atoms with Crippen LogP contribution in [0.4, 0.5) is 0 Å². The first kappa shape index (κ1) is 8.58. The summed E-state index contributed by atoms with van der Waals surface area (Å²) in [7, 11) is 0. The standard InChI is InChI=1S/C9H16N2/c1-4-6-11-7-5-10-9(2,3)8-11/h1,10H,5-8H2,2-3H3. The largest absolute Gasteiger partial charge is 0.309 e. The van der Waals surface area contributed by atoms with Gasteiger partial charge in [-0.1, -0.05) is 5.92 Å². The molecule has 0 aliphatic carbocycles. The van der Waals surface area contributed by atoms with E-state index in [0.29, 0.717) is 0 Å². The number of nitrogens with zero attached hydrogens (tertiary/aromatic N) is 1. The molecule has 0 radical (unpaired) electrons. The van der Waals surface area contributed by atoms with Gasteiger partial charge in [0.05, 0.1) is 6.54 Å². The van der Waals surface area contributed by atoms with E-state index >= 15 is 0 Å². The van der Waals surface area contributed by atoms with Crippen molar-refractivity contribution in [3.05, 3.63) is 0 Å². The molecular formula is C9H16N2. The first-order chi connectivity index (χ1) is 5.14. The van der Waals surface area contributed by atoms with Crippen LogP contribution < -0.4 is 5.32 Å². The second-order valence-corrected chi connectivity index (χ2v) is 3.73. The minimum atomic E-state index is 0.231. The summed E-state index contributed by atoms with van der Waals surface area (Å²) in [6.07, 6.45) is 5.24. The van der Waals surface area contributed by atoms with Crippen molar-refractivity contribution in [2.45, 2.75) is 19.4 Å². The Morgan fingerprint density at radius 1 is 1.64 bits per heavy atom. The molecule has 2 heteroatoms. The van der Waals surface area contributed by atoms with Crippen LogP contribution in [0.2, 0.25) is 0 Å². The van der Waals surface area contributed by atoms with E-state index in [4.69, 9.17) is 6.42 Å². The fourth-order valence-electron chi connectivity index (χ4n) is 1.51. The molecule has 1 N–H and O–H groups in total. The summed E-state index contributed by atoms with van der Waals surface area (Å²) >= 11 is 0. The zero-order chi connectivity index (χ0) is 8.32. The van der Waals surface area contributed by atoms with E-state index in [1.165, 1.54) is 0 Å². The van der Waals surface area contributed by atoms with Crippen LogP contribution >= 0.6 is 0 Å². The third kappa shape index (κ3) is 2.53. The van der Waals surface area contributed by atoms with Crippen LogP contribution in [-0.2, 0) is 0 Å². The molecule has 1 fully saturated rings. The maximum atomic E-state index is 5.24. The molecule has 1 saturated heterocycles. The molecule has 0 aromatic carbocycles. The van der Waals surface area contributed by atoms with Crippen LogP contribution in [0.25, 0.3) is 0 Å². The molecular weight excluding hydrogens is 136 g/mol. The summed E-state index contributed by atoms with van der Waals surface area (Å²) < 4.78 is 0. The Bertz CT molecular complexity index is 167. The average molecular weight is 152 g/mol. The van der Waals surface area contributed by atoms with E-state index in [-0.39, 0.29) is 5.54 Å². The van der Waals surface area contributed by atoms with Crippen molar-refractivity contribution in [1.29, 1.82) is 0 Å². The van der Waals surface area contributed by atoms with Gasteiger partial charge < -0.3 is 5.32 Å². The van der Waals surface area contributed by atoms with Gasteiger partial charge >= 0.3 is 0 Å². The molecule has 0 spiro atoms. The first-order valence-corrected chi connectivity index (χ1v) is 4.05. The predicted molar refractivity (Wildman–Crippen MR) is 47.4 cm³/mol. The molecule has 0 amide bonds. The van der Waals surface area contributed by atoms with E-state index in [1.807, 2.05) is 0 Å². The fraction of sp³-hybridized carbons (Fsp3) is 0.778. The van der Waals surface area contributed by atoms with Crippen molar-refractivity contribution in [1.82, 2.24) is 10.2 Å². The SMILES string of the molecule is C#CCN1CCNC(C)(C)C1. The van der Waals surface area contributed by atoms with Gasteiger partial charge in [-0.3, -0.25) is 4.90 Å². The molecule has 0 bridgehead atoms. The van der Waals surface area contributed by atoms with E-state index in [1.54, 1.807) is 0 Å². The minimum absolute atomic E-state index is 0.231. The molecule has 1 heterocycles. The Morgan fingerprint density at radius 3 is 2.91 bits per heavy atom. The van der Waals surface area contributed by atoms with Crippen molar-refractivity contribution in [3.8, 4) is 12.3 Å². The van der Waals surface area contributed by atoms with Gasteiger partial charge in [0.1, 0.15) is 0 Å². The summed E-state index contributed by atoms with van der Waals surface area (Å²) in [5.74, 6) is 2.67. The van der Waals surface area contributed by atoms with E-state index < -0.39 is 0 Å². The van der Waals surface area contributed by atoms with Gasteiger partial charge in [0.2, 0.25) is 0 Å². The minimum Gasteiger partial charge on any atom is -0.309 e. The zero-order valence-corrected chi connectivity index (χ0v) is 7.35. The zero-order valence-electron chi connectivity index (χ0n) is 7.35. The number of hydrogen-bond acceptors (Lipinski definition) is 2. The van der Waals surface area contributed by atoms with Crippen LogP contribution in [0.1, 0.15) is 13.8 Å². The first-order valence-electron chi connectivity index (χ1n) is 4.05. The molecule has 0 atom stereocenters. The summed E-state index contributed by atoms with van der Waals surface area (Å²) in [4.78, 5) is 2.30. The lowest BCUT2D eigenvalue weighted by molar-refractivity contribution is 0.171. The Balaban J connectivity index is 2.41. The van der Waals surface area contributed by atoms with Crippen LogP contribution in [0.15, 0.2) is 0 Å². The number of terminal acetylenes is 1. The topological polar surface area (TPSA) is 15.3 Å². The molecule has 1 aliphatic heterocycles. The van der Waals surface area contributed by atoms with E-state index in [9.17, 15) is 0 Å². The van der Waals surface area contributed by atoms with Gasteiger partial charge in [-0.2, -0.15) is 0 Å². The smallest absolute Gasteiger partial charge is 0.0599 e. The monoisotopic (exact) mass is 152 g/mol. The third-order valence-electron chi connectivity index (χ3n) is 1.97. The summed E-state index contributed by atoms with van der Waals surface area (Å²) in [6, 6.07) is 0. The second-order valence-electron chi connectivity index (χ2n) is 3.73. The normalized spacial score (nSPS) is 24.5. The molecule has 62 valence electrons. The van der Waals surface area contributed by atoms with E-state index in [2.05, 4.69) is 30.0 Å². The summed E-state index contributed by atoms with van der Waals surface area (Å²) in [5, 5.41) is 3.44. The van der Waals surface area contributed by atoms with Gasteiger partial charge in [0, 0.05) is 25.2 Å². The van der Waals surface area contributed by atoms with Gasteiger partial charge in [-0.15, -0.1) is 6.42 Å². The Labute approximate surface area is 69.0 Å². The lowest BCUT2D eigenvalue weighted by Gasteiger charge is -2.38. The Kier molecular flexibility index (Phi) is 2.53. The average Bonchev–Trinajstić information content (AvgIpc) is 1.85.